The Morgan fingerprint density at radius 3 is 0.972 bits per heavy atom. The van der Waals surface area contributed by atoms with Gasteiger partial charge in [0.25, 0.3) is 0 Å². The van der Waals surface area contributed by atoms with Crippen molar-refractivity contribution in [3.63, 3.8) is 0 Å². The van der Waals surface area contributed by atoms with Gasteiger partial charge in [-0.15, -0.1) is 0 Å². The zero-order valence-electron chi connectivity index (χ0n) is 39.1. The van der Waals surface area contributed by atoms with Crippen molar-refractivity contribution in [2.45, 2.75) is 19.3 Å². The molecule has 6 nitrogen and oxygen atoms in total. The topological polar surface area (TPSA) is 77.3 Å². The summed E-state index contributed by atoms with van der Waals surface area (Å²) in [5.41, 5.74) is 14.8. The minimum absolute atomic E-state index is 0.364. The summed E-state index contributed by atoms with van der Waals surface area (Å²) in [6.45, 7) is 4.70. The molecular formula is C65H44N6. The lowest BCUT2D eigenvalue weighted by Gasteiger charge is -2.24. The van der Waals surface area contributed by atoms with E-state index in [1.165, 1.54) is 44.2 Å². The zero-order valence-corrected chi connectivity index (χ0v) is 39.1. The number of hydrogen-bond donors (Lipinski definition) is 0. The third kappa shape index (κ3) is 7.36. The normalized spacial score (nSPS) is 12.5. The number of rotatable bonds is 8. The third-order valence-electron chi connectivity index (χ3n) is 14.0. The Labute approximate surface area is 412 Å². The van der Waals surface area contributed by atoms with E-state index in [1.807, 2.05) is 72.8 Å². The Hall–Kier alpha value is -9.26. The van der Waals surface area contributed by atoms with Crippen LogP contribution in [0.1, 0.15) is 25.0 Å². The van der Waals surface area contributed by atoms with Gasteiger partial charge in [0.05, 0.1) is 0 Å². The van der Waals surface area contributed by atoms with E-state index in [1.54, 1.807) is 0 Å². The van der Waals surface area contributed by atoms with Gasteiger partial charge in [-0.1, -0.05) is 220 Å². The first-order valence-corrected chi connectivity index (χ1v) is 24.0. The number of hydrogen-bond acceptors (Lipinski definition) is 6. The molecule has 0 radical (unpaired) electrons. The maximum Gasteiger partial charge on any atom is 0.164 e. The van der Waals surface area contributed by atoms with Gasteiger partial charge in [-0.3, -0.25) is 0 Å². The van der Waals surface area contributed by atoms with E-state index in [9.17, 15) is 0 Å². The van der Waals surface area contributed by atoms with Crippen LogP contribution in [0.25, 0.3) is 123 Å². The van der Waals surface area contributed by atoms with E-state index in [0.29, 0.717) is 34.9 Å². The quantitative estimate of drug-likeness (QED) is 0.141. The molecule has 13 rings (SSSR count). The molecule has 2 aromatic heterocycles. The summed E-state index contributed by atoms with van der Waals surface area (Å²) in [4.78, 5) is 30.6. The van der Waals surface area contributed by atoms with Crippen LogP contribution < -0.4 is 0 Å². The first kappa shape index (κ1) is 41.9. The SMILES string of the molecule is CC1(C)c2cc(-c3nc(-c4ccccc4)nc(-c4ccccc4)n3)ccc2-c2cc3c(-c4ccccc4)c4ccc(-c5nc(-c6ccccc6)nc(-c6ccccc6)n5)cc4c(-c4ccccc4)c3cc21. The molecule has 0 aliphatic heterocycles. The number of fused-ring (bicyclic) bond motifs is 5. The first-order valence-electron chi connectivity index (χ1n) is 24.0. The van der Waals surface area contributed by atoms with Crippen molar-refractivity contribution in [1.82, 2.24) is 29.9 Å². The predicted molar refractivity (Wildman–Crippen MR) is 289 cm³/mol. The third-order valence-corrected chi connectivity index (χ3v) is 14.0. The molecule has 6 heteroatoms. The minimum Gasteiger partial charge on any atom is -0.208 e. The van der Waals surface area contributed by atoms with Crippen molar-refractivity contribution >= 4 is 21.5 Å². The van der Waals surface area contributed by atoms with Crippen LogP contribution in [0.15, 0.2) is 231 Å². The van der Waals surface area contributed by atoms with Gasteiger partial charge in [-0.05, 0) is 90.3 Å². The van der Waals surface area contributed by atoms with Crippen molar-refractivity contribution in [1.29, 1.82) is 0 Å². The van der Waals surface area contributed by atoms with Crippen LogP contribution in [0.4, 0.5) is 0 Å². The number of benzene rings is 10. The molecule has 0 unspecified atom stereocenters. The molecule has 334 valence electrons. The molecule has 10 aromatic carbocycles. The van der Waals surface area contributed by atoms with Gasteiger partial charge in [0.1, 0.15) is 0 Å². The van der Waals surface area contributed by atoms with Crippen molar-refractivity contribution < 1.29 is 0 Å². The van der Waals surface area contributed by atoms with Crippen LogP contribution in [0.2, 0.25) is 0 Å². The Bertz CT molecular complexity index is 3860. The van der Waals surface area contributed by atoms with Gasteiger partial charge >= 0.3 is 0 Å². The highest BCUT2D eigenvalue weighted by atomic mass is 15.0. The second kappa shape index (κ2) is 17.1. The molecule has 0 amide bonds. The van der Waals surface area contributed by atoms with Crippen LogP contribution in [-0.2, 0) is 5.41 Å². The second-order valence-electron chi connectivity index (χ2n) is 18.6. The summed E-state index contributed by atoms with van der Waals surface area (Å²) in [6, 6.07) is 80.7. The predicted octanol–water partition coefficient (Wildman–Crippen LogP) is 16.0. The monoisotopic (exact) mass is 908 g/mol. The average Bonchev–Trinajstić information content (AvgIpc) is 3.66. The molecule has 0 spiro atoms. The minimum atomic E-state index is -0.364. The molecular weight excluding hydrogens is 865 g/mol. The Balaban J connectivity index is 1.04. The standard InChI is InChI=1S/C65H44N6/c1-65(2)55-38-48(64-70-61(45-29-17-7-18-30-45)67-62(71-64)46-31-19-8-20-32-46)33-35-49(55)51-39-53-54(40-56(51)65)58(42-23-11-4-12-24-42)52-37-47(34-36-50(52)57(53)41-21-9-3-10-22-41)63-68-59(43-25-13-5-14-26-43)66-60(69-63)44-27-15-6-16-28-44/h3-40H,1-2H3. The highest BCUT2D eigenvalue weighted by Crippen LogP contribution is 2.54. The maximum atomic E-state index is 5.18. The molecule has 2 heterocycles. The van der Waals surface area contributed by atoms with Gasteiger partial charge in [0.2, 0.25) is 0 Å². The van der Waals surface area contributed by atoms with E-state index in [4.69, 9.17) is 29.9 Å². The Kier molecular flexibility index (Phi) is 10.1. The van der Waals surface area contributed by atoms with E-state index < -0.39 is 0 Å². The number of nitrogens with zero attached hydrogens (tertiary/aromatic N) is 6. The van der Waals surface area contributed by atoms with Gasteiger partial charge in [0, 0.05) is 38.8 Å². The second-order valence-corrected chi connectivity index (χ2v) is 18.6. The summed E-state index contributed by atoms with van der Waals surface area (Å²) < 4.78 is 0. The van der Waals surface area contributed by atoms with Crippen LogP contribution in [0, 0.1) is 0 Å². The summed E-state index contributed by atoms with van der Waals surface area (Å²) in [5.74, 6) is 3.80. The molecule has 0 fully saturated rings. The molecule has 0 bridgehead atoms. The van der Waals surface area contributed by atoms with E-state index in [2.05, 4.69) is 172 Å². The van der Waals surface area contributed by atoms with Crippen LogP contribution in [0.3, 0.4) is 0 Å². The number of aromatic nitrogens is 6. The van der Waals surface area contributed by atoms with E-state index in [0.717, 1.165) is 55.3 Å². The molecule has 1 aliphatic carbocycles. The van der Waals surface area contributed by atoms with Gasteiger partial charge in [0.15, 0.2) is 34.9 Å². The molecule has 0 saturated heterocycles. The lowest BCUT2D eigenvalue weighted by molar-refractivity contribution is 0.661. The zero-order chi connectivity index (χ0) is 47.5. The van der Waals surface area contributed by atoms with Gasteiger partial charge in [-0.2, -0.15) is 0 Å². The fourth-order valence-corrected chi connectivity index (χ4v) is 10.4. The molecule has 0 saturated carbocycles. The van der Waals surface area contributed by atoms with E-state index >= 15 is 0 Å². The van der Waals surface area contributed by atoms with Gasteiger partial charge in [-0.25, -0.2) is 29.9 Å². The van der Waals surface area contributed by atoms with Crippen LogP contribution in [0.5, 0.6) is 0 Å². The summed E-state index contributed by atoms with van der Waals surface area (Å²) in [6.07, 6.45) is 0. The van der Waals surface area contributed by atoms with Crippen LogP contribution >= 0.6 is 0 Å². The van der Waals surface area contributed by atoms with Crippen LogP contribution in [-0.4, -0.2) is 29.9 Å². The molecule has 1 aliphatic rings. The Morgan fingerprint density at radius 1 is 0.239 bits per heavy atom. The van der Waals surface area contributed by atoms with Crippen molar-refractivity contribution in [3.8, 4) is 102 Å². The van der Waals surface area contributed by atoms with Gasteiger partial charge < -0.3 is 0 Å². The highest BCUT2D eigenvalue weighted by molar-refractivity contribution is 6.23. The molecule has 71 heavy (non-hydrogen) atoms. The lowest BCUT2D eigenvalue weighted by Crippen LogP contribution is -2.15. The largest absolute Gasteiger partial charge is 0.208 e. The van der Waals surface area contributed by atoms with Crippen molar-refractivity contribution in [2.24, 2.45) is 0 Å². The van der Waals surface area contributed by atoms with E-state index in [-0.39, 0.29) is 5.41 Å². The molecule has 12 aromatic rings. The summed E-state index contributed by atoms with van der Waals surface area (Å²) in [5, 5.41) is 4.65. The summed E-state index contributed by atoms with van der Waals surface area (Å²) >= 11 is 0. The lowest BCUT2D eigenvalue weighted by atomic mass is 9.79. The fraction of sp³-hybridized carbons (Fsp3) is 0.0462. The molecule has 0 N–H and O–H groups in total. The molecule has 0 atom stereocenters. The average molecular weight is 909 g/mol. The maximum absolute atomic E-state index is 5.18. The Morgan fingerprint density at radius 2 is 0.549 bits per heavy atom. The summed E-state index contributed by atoms with van der Waals surface area (Å²) in [7, 11) is 0. The smallest absolute Gasteiger partial charge is 0.164 e. The van der Waals surface area contributed by atoms with Crippen molar-refractivity contribution in [2.75, 3.05) is 0 Å². The highest BCUT2D eigenvalue weighted by Gasteiger charge is 2.37. The first-order chi connectivity index (χ1) is 34.9. The van der Waals surface area contributed by atoms with Crippen molar-refractivity contribution in [3.05, 3.63) is 242 Å². The fourth-order valence-electron chi connectivity index (χ4n) is 10.4.